The van der Waals surface area contributed by atoms with E-state index in [4.69, 9.17) is 26.1 Å². The third kappa shape index (κ3) is 3.13. The van der Waals surface area contributed by atoms with E-state index in [1.165, 1.54) is 11.6 Å². The lowest BCUT2D eigenvalue weighted by molar-refractivity contribution is 0.174. The Morgan fingerprint density at radius 3 is 2.50 bits per heavy atom. The van der Waals surface area contributed by atoms with Crippen LogP contribution in [0.1, 0.15) is 5.56 Å². The predicted octanol–water partition coefficient (Wildman–Crippen LogP) is 2.63. The normalized spacial score (nSPS) is 12.5. The van der Waals surface area contributed by atoms with Crippen molar-refractivity contribution in [2.45, 2.75) is 6.54 Å². The third-order valence-electron chi connectivity index (χ3n) is 5.63. The van der Waals surface area contributed by atoms with Gasteiger partial charge in [-0.25, -0.2) is 4.79 Å². The Morgan fingerprint density at radius 1 is 1.03 bits per heavy atom. The lowest BCUT2D eigenvalue weighted by atomic mass is 10.2. The molecular formula is C22H20ClN5O4. The number of halogens is 1. The summed E-state index contributed by atoms with van der Waals surface area (Å²) < 4.78 is 15.2. The number of fused-ring (bicyclic) bond motifs is 2. The molecule has 0 aliphatic carbocycles. The number of aromatic nitrogens is 4. The topological polar surface area (TPSA) is 83.5 Å². The van der Waals surface area contributed by atoms with E-state index in [0.29, 0.717) is 40.2 Å². The maximum absolute atomic E-state index is 13.1. The number of benzene rings is 2. The minimum absolute atomic E-state index is 0.176. The Kier molecular flexibility index (Phi) is 4.70. The Balaban J connectivity index is 1.73. The van der Waals surface area contributed by atoms with E-state index in [1.54, 1.807) is 19.2 Å². The molecule has 0 amide bonds. The highest BCUT2D eigenvalue weighted by Crippen LogP contribution is 2.37. The van der Waals surface area contributed by atoms with Gasteiger partial charge in [0.25, 0.3) is 5.56 Å². The summed E-state index contributed by atoms with van der Waals surface area (Å²) in [5, 5.41) is 0.625. The molecule has 0 saturated carbocycles. The summed E-state index contributed by atoms with van der Waals surface area (Å²) in [5.74, 6) is 1.82. The first-order chi connectivity index (χ1) is 15.3. The van der Waals surface area contributed by atoms with E-state index in [0.717, 1.165) is 15.8 Å². The van der Waals surface area contributed by atoms with Gasteiger partial charge in [0.2, 0.25) is 12.7 Å². The lowest BCUT2D eigenvalue weighted by Gasteiger charge is -2.20. The van der Waals surface area contributed by atoms with Crippen LogP contribution in [-0.2, 0) is 20.6 Å². The fraction of sp³-hybridized carbons (Fsp3) is 0.227. The molecule has 0 radical (unpaired) electrons. The fourth-order valence-electron chi connectivity index (χ4n) is 3.82. The Bertz CT molecular complexity index is 1470. The van der Waals surface area contributed by atoms with E-state index in [9.17, 15) is 9.59 Å². The molecule has 0 fully saturated rings. The second-order valence-corrected chi connectivity index (χ2v) is 8.04. The van der Waals surface area contributed by atoms with Gasteiger partial charge in [-0.3, -0.25) is 18.5 Å². The highest BCUT2D eigenvalue weighted by molar-refractivity contribution is 6.30. The molecule has 1 aliphatic rings. The van der Waals surface area contributed by atoms with Gasteiger partial charge < -0.3 is 14.4 Å². The van der Waals surface area contributed by atoms with Gasteiger partial charge in [-0.05, 0) is 29.8 Å². The molecule has 9 nitrogen and oxygen atoms in total. The number of anilines is 2. The van der Waals surface area contributed by atoms with Crippen molar-refractivity contribution >= 4 is 34.4 Å². The molecule has 4 aromatic rings. The molecule has 0 bridgehead atoms. The summed E-state index contributed by atoms with van der Waals surface area (Å²) in [6, 6.07) is 12.9. The third-order valence-corrected chi connectivity index (χ3v) is 5.88. The van der Waals surface area contributed by atoms with Crippen LogP contribution in [0.15, 0.2) is 52.1 Å². The molecule has 2 aromatic heterocycles. The van der Waals surface area contributed by atoms with Crippen molar-refractivity contribution in [1.29, 1.82) is 0 Å². The highest BCUT2D eigenvalue weighted by Gasteiger charge is 2.23. The molecule has 0 saturated heterocycles. The van der Waals surface area contributed by atoms with Crippen LogP contribution in [-0.4, -0.2) is 32.5 Å². The summed E-state index contributed by atoms with van der Waals surface area (Å²) in [6.45, 7) is 0.543. The van der Waals surface area contributed by atoms with Crippen LogP contribution in [0.5, 0.6) is 11.5 Å². The van der Waals surface area contributed by atoms with Crippen molar-refractivity contribution in [3.8, 4) is 11.5 Å². The first-order valence-electron chi connectivity index (χ1n) is 9.89. The lowest BCUT2D eigenvalue weighted by Crippen LogP contribution is -2.37. The summed E-state index contributed by atoms with van der Waals surface area (Å²) in [6.07, 6.45) is 0. The van der Waals surface area contributed by atoms with Crippen LogP contribution in [0.25, 0.3) is 11.2 Å². The molecule has 5 rings (SSSR count). The van der Waals surface area contributed by atoms with Gasteiger partial charge >= 0.3 is 5.69 Å². The van der Waals surface area contributed by atoms with Crippen LogP contribution in [0, 0.1) is 0 Å². The molecule has 3 heterocycles. The number of aryl methyl sites for hydroxylation is 1. The maximum atomic E-state index is 13.1. The molecule has 1 aliphatic heterocycles. The van der Waals surface area contributed by atoms with Crippen molar-refractivity contribution < 1.29 is 9.47 Å². The van der Waals surface area contributed by atoms with Crippen LogP contribution in [0.2, 0.25) is 5.02 Å². The summed E-state index contributed by atoms with van der Waals surface area (Å²) in [5.41, 5.74) is 1.54. The predicted molar refractivity (Wildman–Crippen MR) is 121 cm³/mol. The van der Waals surface area contributed by atoms with Crippen molar-refractivity contribution in [1.82, 2.24) is 18.7 Å². The molecule has 32 heavy (non-hydrogen) atoms. The van der Waals surface area contributed by atoms with Crippen LogP contribution < -0.4 is 25.6 Å². The number of nitrogens with zero attached hydrogens (tertiary/aromatic N) is 5. The van der Waals surface area contributed by atoms with Gasteiger partial charge in [0.15, 0.2) is 22.7 Å². The van der Waals surface area contributed by atoms with Crippen LogP contribution in [0.3, 0.4) is 0 Å². The number of hydrogen-bond donors (Lipinski definition) is 0. The van der Waals surface area contributed by atoms with Crippen LogP contribution in [0.4, 0.5) is 11.6 Å². The van der Waals surface area contributed by atoms with Crippen molar-refractivity contribution in [3.63, 3.8) is 0 Å². The SMILES string of the molecule is CN(c1ccc2c(c1)OCO2)c1nc2c(c(=O)n(C)c(=O)n2C)n1Cc1ccc(Cl)cc1. The number of hydrogen-bond acceptors (Lipinski definition) is 6. The molecule has 10 heteroatoms. The number of ether oxygens (including phenoxy) is 2. The minimum Gasteiger partial charge on any atom is -0.454 e. The Morgan fingerprint density at radius 2 is 1.75 bits per heavy atom. The Hall–Kier alpha value is -3.72. The first kappa shape index (κ1) is 20.2. The summed E-state index contributed by atoms with van der Waals surface area (Å²) >= 11 is 6.04. The summed E-state index contributed by atoms with van der Waals surface area (Å²) in [7, 11) is 4.92. The average molecular weight is 454 g/mol. The number of rotatable bonds is 4. The maximum Gasteiger partial charge on any atom is 0.332 e. The van der Waals surface area contributed by atoms with E-state index in [2.05, 4.69) is 0 Å². The molecule has 0 spiro atoms. The van der Waals surface area contributed by atoms with Gasteiger partial charge in [0.1, 0.15) is 0 Å². The monoisotopic (exact) mass is 453 g/mol. The zero-order chi connectivity index (χ0) is 22.6. The van der Waals surface area contributed by atoms with Crippen molar-refractivity contribution in [2.75, 3.05) is 18.7 Å². The molecule has 2 aromatic carbocycles. The van der Waals surface area contributed by atoms with Gasteiger partial charge in [-0.2, -0.15) is 4.98 Å². The van der Waals surface area contributed by atoms with Gasteiger partial charge in [0.05, 0.1) is 6.54 Å². The minimum atomic E-state index is -0.434. The molecule has 0 atom stereocenters. The highest BCUT2D eigenvalue weighted by atomic mass is 35.5. The Labute approximate surface area is 187 Å². The molecule has 0 N–H and O–H groups in total. The fourth-order valence-corrected chi connectivity index (χ4v) is 3.95. The molecule has 164 valence electrons. The molecular weight excluding hydrogens is 434 g/mol. The second kappa shape index (κ2) is 7.45. The zero-order valence-electron chi connectivity index (χ0n) is 17.7. The summed E-state index contributed by atoms with van der Waals surface area (Å²) in [4.78, 5) is 32.2. The smallest absolute Gasteiger partial charge is 0.332 e. The van der Waals surface area contributed by atoms with Gasteiger partial charge in [-0.15, -0.1) is 0 Å². The van der Waals surface area contributed by atoms with Gasteiger partial charge in [-0.1, -0.05) is 23.7 Å². The van der Waals surface area contributed by atoms with Gasteiger partial charge in [0, 0.05) is 37.9 Å². The van der Waals surface area contributed by atoms with E-state index < -0.39 is 11.2 Å². The quantitative estimate of drug-likeness (QED) is 0.472. The standard InChI is InChI=1S/C22H20ClN5O4/c1-25(15-8-9-16-17(10-15)32-12-31-16)21-24-19-18(20(29)27(3)22(30)26(19)2)28(21)11-13-4-6-14(23)7-5-13/h4-10H,11-12H2,1-3H3. The largest absolute Gasteiger partial charge is 0.454 e. The first-order valence-corrected chi connectivity index (χ1v) is 10.3. The van der Waals surface area contributed by atoms with E-state index >= 15 is 0 Å². The zero-order valence-corrected chi connectivity index (χ0v) is 18.5. The van der Waals surface area contributed by atoms with E-state index in [-0.39, 0.29) is 6.79 Å². The van der Waals surface area contributed by atoms with Crippen molar-refractivity contribution in [2.24, 2.45) is 14.1 Å². The van der Waals surface area contributed by atoms with Crippen molar-refractivity contribution in [3.05, 3.63) is 73.9 Å². The van der Waals surface area contributed by atoms with E-state index in [1.807, 2.05) is 46.8 Å². The number of imidazole rings is 1. The average Bonchev–Trinajstić information content (AvgIpc) is 3.41. The van der Waals surface area contributed by atoms with Crippen LogP contribution >= 0.6 is 11.6 Å². The molecule has 0 unspecified atom stereocenters. The second-order valence-electron chi connectivity index (χ2n) is 7.60.